The van der Waals surface area contributed by atoms with E-state index in [1.54, 1.807) is 19.2 Å². The first-order valence-corrected chi connectivity index (χ1v) is 11.5. The van der Waals surface area contributed by atoms with Crippen molar-refractivity contribution >= 4 is 28.3 Å². The molecule has 1 fully saturated rings. The van der Waals surface area contributed by atoms with Crippen LogP contribution in [0.1, 0.15) is 16.2 Å². The number of nitrogens with zero attached hydrogens (tertiary/aromatic N) is 4. The fourth-order valence-corrected chi connectivity index (χ4v) is 4.49. The fourth-order valence-electron chi connectivity index (χ4n) is 4.49. The average molecular weight is 456 g/mol. The molecule has 0 radical (unpaired) electrons. The van der Waals surface area contributed by atoms with Gasteiger partial charge in [0.25, 0.3) is 5.91 Å². The van der Waals surface area contributed by atoms with Gasteiger partial charge in [-0.05, 0) is 48.5 Å². The number of imidazole rings is 1. The lowest BCUT2D eigenvalue weighted by atomic mass is 10.1. The Morgan fingerprint density at radius 1 is 0.941 bits per heavy atom. The Kier molecular flexibility index (Phi) is 6.18. The number of amides is 1. The summed E-state index contributed by atoms with van der Waals surface area (Å²) in [6.07, 6.45) is 0. The summed E-state index contributed by atoms with van der Waals surface area (Å²) in [7, 11) is 3.66. The molecule has 3 aromatic carbocycles. The molecule has 0 bridgehead atoms. The minimum atomic E-state index is -0.180. The van der Waals surface area contributed by atoms with E-state index in [0.717, 1.165) is 55.4 Å². The molecular formula is C27H29N5O2. The van der Waals surface area contributed by atoms with E-state index in [0.29, 0.717) is 11.3 Å². The third kappa shape index (κ3) is 4.47. The minimum absolute atomic E-state index is 0.180. The number of rotatable bonds is 6. The molecule has 174 valence electrons. The van der Waals surface area contributed by atoms with E-state index in [9.17, 15) is 4.79 Å². The van der Waals surface area contributed by atoms with E-state index in [2.05, 4.69) is 57.1 Å². The Hall–Kier alpha value is -3.84. The van der Waals surface area contributed by atoms with Crippen LogP contribution in [0.25, 0.3) is 11.0 Å². The van der Waals surface area contributed by atoms with Crippen LogP contribution in [0.5, 0.6) is 5.75 Å². The lowest BCUT2D eigenvalue weighted by Gasteiger charge is -2.36. The molecule has 0 atom stereocenters. The second-order valence-electron chi connectivity index (χ2n) is 8.54. The number of methoxy groups -OCH3 is 1. The Morgan fingerprint density at radius 2 is 1.65 bits per heavy atom. The number of ether oxygens (including phenoxy) is 1. The van der Waals surface area contributed by atoms with Crippen LogP contribution in [0, 0.1) is 0 Å². The molecule has 7 nitrogen and oxygen atoms in total. The van der Waals surface area contributed by atoms with Crippen molar-refractivity contribution in [2.24, 2.45) is 7.05 Å². The van der Waals surface area contributed by atoms with Gasteiger partial charge >= 0.3 is 0 Å². The van der Waals surface area contributed by atoms with E-state index in [-0.39, 0.29) is 5.91 Å². The van der Waals surface area contributed by atoms with Crippen molar-refractivity contribution in [1.82, 2.24) is 14.5 Å². The molecule has 0 saturated carbocycles. The molecule has 1 aliphatic heterocycles. The summed E-state index contributed by atoms with van der Waals surface area (Å²) >= 11 is 0. The zero-order valence-corrected chi connectivity index (χ0v) is 19.6. The third-order valence-corrected chi connectivity index (χ3v) is 6.46. The first-order valence-electron chi connectivity index (χ1n) is 11.5. The summed E-state index contributed by atoms with van der Waals surface area (Å²) in [5.41, 5.74) is 4.68. The predicted molar refractivity (Wildman–Crippen MR) is 136 cm³/mol. The van der Waals surface area contributed by atoms with E-state index < -0.39 is 0 Å². The Balaban J connectivity index is 1.17. The van der Waals surface area contributed by atoms with Gasteiger partial charge in [0.05, 0.1) is 30.3 Å². The Labute approximate surface area is 199 Å². The zero-order valence-electron chi connectivity index (χ0n) is 19.6. The number of aryl methyl sites for hydroxylation is 1. The van der Waals surface area contributed by atoms with Gasteiger partial charge in [-0.25, -0.2) is 4.98 Å². The van der Waals surface area contributed by atoms with Crippen molar-refractivity contribution < 1.29 is 9.53 Å². The molecule has 0 spiro atoms. The smallest absolute Gasteiger partial charge is 0.259 e. The van der Waals surface area contributed by atoms with Crippen LogP contribution in [-0.2, 0) is 13.6 Å². The Bertz CT molecular complexity index is 1290. The highest BCUT2D eigenvalue weighted by Gasteiger charge is 2.20. The average Bonchev–Trinajstić information content (AvgIpc) is 3.20. The van der Waals surface area contributed by atoms with Crippen molar-refractivity contribution in [2.45, 2.75) is 6.54 Å². The zero-order chi connectivity index (χ0) is 23.5. The number of benzene rings is 3. The summed E-state index contributed by atoms with van der Waals surface area (Å²) in [5.74, 6) is 1.48. The highest BCUT2D eigenvalue weighted by atomic mass is 16.5. The maximum Gasteiger partial charge on any atom is 0.259 e. The van der Waals surface area contributed by atoms with Crippen LogP contribution >= 0.6 is 0 Å². The van der Waals surface area contributed by atoms with Crippen LogP contribution in [0.3, 0.4) is 0 Å². The molecule has 1 saturated heterocycles. The quantitative estimate of drug-likeness (QED) is 0.473. The largest absolute Gasteiger partial charge is 0.496 e. The molecule has 4 aromatic rings. The van der Waals surface area contributed by atoms with E-state index in [4.69, 9.17) is 9.72 Å². The van der Waals surface area contributed by atoms with Crippen molar-refractivity contribution in [1.29, 1.82) is 0 Å². The minimum Gasteiger partial charge on any atom is -0.496 e. The van der Waals surface area contributed by atoms with Crippen molar-refractivity contribution in [2.75, 3.05) is 43.5 Å². The molecule has 1 aliphatic rings. The van der Waals surface area contributed by atoms with E-state index in [1.165, 1.54) is 5.52 Å². The van der Waals surface area contributed by atoms with Gasteiger partial charge in [-0.15, -0.1) is 0 Å². The third-order valence-electron chi connectivity index (χ3n) is 6.46. The summed E-state index contributed by atoms with van der Waals surface area (Å²) < 4.78 is 7.49. The maximum absolute atomic E-state index is 12.6. The molecule has 5 rings (SSSR count). The molecule has 0 aliphatic carbocycles. The van der Waals surface area contributed by atoms with Crippen LogP contribution in [0.4, 0.5) is 11.4 Å². The number of aromatic nitrogens is 2. The molecular weight excluding hydrogens is 426 g/mol. The summed E-state index contributed by atoms with van der Waals surface area (Å²) in [5, 5.41) is 2.96. The summed E-state index contributed by atoms with van der Waals surface area (Å²) in [6.45, 7) is 4.73. The Morgan fingerprint density at radius 3 is 2.38 bits per heavy atom. The molecule has 7 heteroatoms. The number of hydrogen-bond donors (Lipinski definition) is 1. The van der Waals surface area contributed by atoms with Gasteiger partial charge in [-0.2, -0.15) is 0 Å². The van der Waals surface area contributed by atoms with Crippen LogP contribution in [0.2, 0.25) is 0 Å². The second-order valence-corrected chi connectivity index (χ2v) is 8.54. The standard InChI is InChI=1S/C27H29N5O2/c1-30-24-9-5-4-8-23(24)29-26(30)19-31-15-17-32(18-16-31)21-13-11-20(12-14-21)28-27(33)22-7-3-6-10-25(22)34-2/h3-14H,15-19H2,1-2H3,(H,28,33). The van der Waals surface area contributed by atoms with Gasteiger partial charge in [0.2, 0.25) is 0 Å². The van der Waals surface area contributed by atoms with Gasteiger partial charge in [0.15, 0.2) is 0 Å². The number of carbonyl (C=O) groups is 1. The number of fused-ring (bicyclic) bond motifs is 1. The second kappa shape index (κ2) is 9.57. The van der Waals surface area contributed by atoms with Crippen molar-refractivity contribution in [3.63, 3.8) is 0 Å². The highest BCUT2D eigenvalue weighted by molar-refractivity contribution is 6.06. The van der Waals surface area contributed by atoms with E-state index in [1.807, 2.05) is 30.3 Å². The number of carbonyl (C=O) groups excluding carboxylic acids is 1. The van der Waals surface area contributed by atoms with Gasteiger partial charge in [0, 0.05) is 44.6 Å². The van der Waals surface area contributed by atoms with Gasteiger partial charge in [0.1, 0.15) is 11.6 Å². The van der Waals surface area contributed by atoms with Gasteiger partial charge in [-0.3, -0.25) is 9.69 Å². The lowest BCUT2D eigenvalue weighted by molar-refractivity contribution is 0.102. The number of piperazine rings is 1. The normalized spacial score (nSPS) is 14.4. The summed E-state index contributed by atoms with van der Waals surface area (Å²) in [4.78, 5) is 22.3. The van der Waals surface area contributed by atoms with Crippen molar-refractivity contribution in [3.05, 3.63) is 84.2 Å². The predicted octanol–water partition coefficient (Wildman–Crippen LogP) is 4.16. The molecule has 2 heterocycles. The number of nitrogens with one attached hydrogen (secondary N) is 1. The first-order chi connectivity index (χ1) is 16.6. The number of para-hydroxylation sites is 3. The first kappa shape index (κ1) is 22.0. The molecule has 1 amide bonds. The topological polar surface area (TPSA) is 62.6 Å². The number of hydrogen-bond acceptors (Lipinski definition) is 5. The monoisotopic (exact) mass is 455 g/mol. The summed E-state index contributed by atoms with van der Waals surface area (Å²) in [6, 6.07) is 23.5. The fraction of sp³-hybridized carbons (Fsp3) is 0.259. The maximum atomic E-state index is 12.6. The van der Waals surface area contributed by atoms with Gasteiger partial charge < -0.3 is 19.5 Å². The molecule has 1 aromatic heterocycles. The molecule has 0 unspecified atom stereocenters. The van der Waals surface area contributed by atoms with Crippen LogP contribution in [0.15, 0.2) is 72.8 Å². The SMILES string of the molecule is COc1ccccc1C(=O)Nc1ccc(N2CCN(Cc3nc4ccccc4n3C)CC2)cc1. The number of anilines is 2. The molecule has 34 heavy (non-hydrogen) atoms. The van der Waals surface area contributed by atoms with Crippen molar-refractivity contribution in [3.8, 4) is 5.75 Å². The highest BCUT2D eigenvalue weighted by Crippen LogP contribution is 2.23. The van der Waals surface area contributed by atoms with Crippen LogP contribution in [-0.4, -0.2) is 53.6 Å². The van der Waals surface area contributed by atoms with E-state index >= 15 is 0 Å². The molecule has 1 N–H and O–H groups in total. The van der Waals surface area contributed by atoms with Gasteiger partial charge in [-0.1, -0.05) is 24.3 Å². The van der Waals surface area contributed by atoms with Crippen LogP contribution < -0.4 is 15.0 Å². The lowest BCUT2D eigenvalue weighted by Crippen LogP contribution is -2.46.